The normalized spacial score (nSPS) is 20.4. The van der Waals surface area contributed by atoms with Crippen molar-refractivity contribution in [1.82, 2.24) is 24.0 Å². The van der Waals surface area contributed by atoms with Crippen LogP contribution in [0.5, 0.6) is 0 Å². The van der Waals surface area contributed by atoms with Gasteiger partial charge in [-0.3, -0.25) is 19.2 Å². The van der Waals surface area contributed by atoms with Gasteiger partial charge >= 0.3 is 5.69 Å². The highest BCUT2D eigenvalue weighted by molar-refractivity contribution is 5.71. The number of aromatic nitrogens is 4. The number of nitrogens with zero attached hydrogens (tertiary/aromatic N) is 4. The quantitative estimate of drug-likeness (QED) is 0.711. The lowest BCUT2D eigenvalue weighted by atomic mass is 10.2. The van der Waals surface area contributed by atoms with E-state index in [9.17, 15) is 14.0 Å². The van der Waals surface area contributed by atoms with E-state index < -0.39 is 11.2 Å². The Labute approximate surface area is 166 Å². The fourth-order valence-corrected chi connectivity index (χ4v) is 3.98. The first-order valence-corrected chi connectivity index (χ1v) is 9.63. The highest BCUT2D eigenvalue weighted by Gasteiger charge is 2.25. The second kappa shape index (κ2) is 7.57. The largest absolute Gasteiger partial charge is 0.373 e. The topological polar surface area (TPSA) is 85.2 Å². The van der Waals surface area contributed by atoms with E-state index >= 15 is 0 Å². The molecule has 29 heavy (non-hydrogen) atoms. The van der Waals surface area contributed by atoms with Crippen LogP contribution >= 0.6 is 0 Å². The molecule has 9 heteroatoms. The molecule has 1 N–H and O–H groups in total. The Bertz CT molecular complexity index is 1160. The average molecular weight is 401 g/mol. The standard InChI is InChI=1S/C20H24FN5O3/c1-12-8-25(9-13(2)29-12)11-16-22-18-17(19(27)23-20(28)24(18)3)26(16)10-14-6-4-5-7-15(14)21/h4-7,12-13H,8-11H2,1-3H3,(H,23,27,28)/t12-,13-/m0/s1. The zero-order valence-electron chi connectivity index (χ0n) is 16.7. The van der Waals surface area contributed by atoms with Crippen molar-refractivity contribution in [2.24, 2.45) is 7.05 Å². The van der Waals surface area contributed by atoms with Gasteiger partial charge in [-0.25, -0.2) is 14.2 Å². The van der Waals surface area contributed by atoms with Crippen LogP contribution in [0, 0.1) is 5.82 Å². The number of rotatable bonds is 4. The van der Waals surface area contributed by atoms with Crippen LogP contribution in [0.1, 0.15) is 25.2 Å². The molecule has 0 radical (unpaired) electrons. The van der Waals surface area contributed by atoms with Crippen molar-refractivity contribution in [2.45, 2.75) is 39.1 Å². The summed E-state index contributed by atoms with van der Waals surface area (Å²) in [4.78, 5) is 33.8. The van der Waals surface area contributed by atoms with Crippen LogP contribution in [0.25, 0.3) is 11.2 Å². The van der Waals surface area contributed by atoms with Gasteiger partial charge in [-0.15, -0.1) is 0 Å². The van der Waals surface area contributed by atoms with Crippen LogP contribution in [-0.2, 0) is 24.9 Å². The molecule has 0 saturated carbocycles. The first kappa shape index (κ1) is 19.5. The van der Waals surface area contributed by atoms with Crippen molar-refractivity contribution in [2.75, 3.05) is 13.1 Å². The van der Waals surface area contributed by atoms with E-state index in [4.69, 9.17) is 4.74 Å². The molecule has 2 aromatic heterocycles. The Balaban J connectivity index is 1.83. The lowest BCUT2D eigenvalue weighted by molar-refractivity contribution is -0.0712. The van der Waals surface area contributed by atoms with Crippen LogP contribution in [0.15, 0.2) is 33.9 Å². The molecule has 3 heterocycles. The van der Waals surface area contributed by atoms with Crippen LogP contribution in [0.2, 0.25) is 0 Å². The van der Waals surface area contributed by atoms with Gasteiger partial charge < -0.3 is 9.30 Å². The number of morpholine rings is 1. The predicted octanol–water partition coefficient (Wildman–Crippen LogP) is 1.22. The van der Waals surface area contributed by atoms with Crippen molar-refractivity contribution >= 4 is 11.2 Å². The number of hydrogen-bond donors (Lipinski definition) is 1. The summed E-state index contributed by atoms with van der Waals surface area (Å²) in [7, 11) is 1.56. The third kappa shape index (κ3) is 3.75. The highest BCUT2D eigenvalue weighted by Crippen LogP contribution is 2.19. The van der Waals surface area contributed by atoms with Gasteiger partial charge in [-0.1, -0.05) is 18.2 Å². The number of halogens is 1. The van der Waals surface area contributed by atoms with Gasteiger partial charge in [0.25, 0.3) is 5.56 Å². The van der Waals surface area contributed by atoms with E-state index in [1.54, 1.807) is 29.8 Å². The fourth-order valence-electron chi connectivity index (χ4n) is 3.98. The first-order valence-electron chi connectivity index (χ1n) is 9.63. The SMILES string of the molecule is C[C@H]1CN(Cc2nc3c(c(=O)[nH]c(=O)n3C)n2Cc2ccccc2F)C[C@H](C)O1. The molecule has 0 unspecified atom stereocenters. The molecule has 154 valence electrons. The van der Waals surface area contributed by atoms with Crippen LogP contribution in [-0.4, -0.2) is 49.3 Å². The molecule has 3 aromatic rings. The molecule has 0 aliphatic carbocycles. The number of ether oxygens (including phenoxy) is 1. The number of aromatic amines is 1. The number of hydrogen-bond acceptors (Lipinski definition) is 5. The molecule has 1 aliphatic rings. The first-order chi connectivity index (χ1) is 13.8. The number of fused-ring (bicyclic) bond motifs is 1. The molecule has 1 saturated heterocycles. The monoisotopic (exact) mass is 401 g/mol. The predicted molar refractivity (Wildman–Crippen MR) is 106 cm³/mol. The third-order valence-electron chi connectivity index (χ3n) is 5.23. The number of benzene rings is 1. The van der Waals surface area contributed by atoms with Gasteiger partial charge in [0.15, 0.2) is 11.2 Å². The second-order valence-electron chi connectivity index (χ2n) is 7.65. The molecule has 1 aromatic carbocycles. The summed E-state index contributed by atoms with van der Waals surface area (Å²) in [5.41, 5.74) is -0.0516. The molecular weight excluding hydrogens is 377 g/mol. The smallest absolute Gasteiger partial charge is 0.329 e. The third-order valence-corrected chi connectivity index (χ3v) is 5.23. The molecular formula is C20H24FN5O3. The minimum atomic E-state index is -0.529. The summed E-state index contributed by atoms with van der Waals surface area (Å²) < 4.78 is 23.1. The van der Waals surface area contributed by atoms with E-state index in [0.29, 0.717) is 23.6 Å². The molecule has 4 rings (SSSR count). The number of imidazole rings is 1. The Kier molecular flexibility index (Phi) is 5.10. The number of nitrogens with one attached hydrogen (secondary N) is 1. The Morgan fingerprint density at radius 1 is 1.17 bits per heavy atom. The lowest BCUT2D eigenvalue weighted by Crippen LogP contribution is -2.45. The molecule has 8 nitrogen and oxygen atoms in total. The van der Waals surface area contributed by atoms with Crippen LogP contribution < -0.4 is 11.2 Å². The lowest BCUT2D eigenvalue weighted by Gasteiger charge is -2.35. The van der Waals surface area contributed by atoms with Crippen molar-refractivity contribution in [3.8, 4) is 0 Å². The Hall–Kier alpha value is -2.78. The van der Waals surface area contributed by atoms with Gasteiger partial charge in [0.05, 0.1) is 25.3 Å². The van der Waals surface area contributed by atoms with Gasteiger partial charge in [-0.05, 0) is 19.9 Å². The maximum Gasteiger partial charge on any atom is 0.329 e. The van der Waals surface area contributed by atoms with Gasteiger partial charge in [0.2, 0.25) is 0 Å². The van der Waals surface area contributed by atoms with Gasteiger partial charge in [0, 0.05) is 25.7 Å². The maximum atomic E-state index is 14.3. The average Bonchev–Trinajstić information content (AvgIpc) is 2.99. The van der Waals surface area contributed by atoms with Crippen LogP contribution in [0.3, 0.4) is 0 Å². The van der Waals surface area contributed by atoms with Crippen LogP contribution in [0.4, 0.5) is 4.39 Å². The molecule has 0 spiro atoms. The highest BCUT2D eigenvalue weighted by atomic mass is 19.1. The van der Waals surface area contributed by atoms with Crippen molar-refractivity contribution in [3.05, 3.63) is 62.3 Å². The van der Waals surface area contributed by atoms with E-state index in [-0.39, 0.29) is 30.1 Å². The summed E-state index contributed by atoms with van der Waals surface area (Å²) in [6.45, 7) is 6.09. The number of H-pyrrole nitrogens is 1. The summed E-state index contributed by atoms with van der Waals surface area (Å²) in [5.74, 6) is 0.256. The van der Waals surface area contributed by atoms with E-state index in [1.165, 1.54) is 10.6 Å². The van der Waals surface area contributed by atoms with E-state index in [2.05, 4.69) is 14.9 Å². The van der Waals surface area contributed by atoms with E-state index in [1.807, 2.05) is 13.8 Å². The molecule has 2 atom stereocenters. The molecule has 1 fully saturated rings. The number of aryl methyl sites for hydroxylation is 1. The zero-order chi connectivity index (χ0) is 20.7. The summed E-state index contributed by atoms with van der Waals surface area (Å²) >= 11 is 0. The summed E-state index contributed by atoms with van der Waals surface area (Å²) in [6.07, 6.45) is 0.159. The minimum Gasteiger partial charge on any atom is -0.373 e. The van der Waals surface area contributed by atoms with E-state index in [0.717, 1.165) is 13.1 Å². The van der Waals surface area contributed by atoms with Crippen molar-refractivity contribution in [3.63, 3.8) is 0 Å². The Morgan fingerprint density at radius 2 is 1.86 bits per heavy atom. The molecule has 1 aliphatic heterocycles. The van der Waals surface area contributed by atoms with Crippen molar-refractivity contribution in [1.29, 1.82) is 0 Å². The summed E-state index contributed by atoms with van der Waals surface area (Å²) in [6, 6.07) is 6.45. The Morgan fingerprint density at radius 3 is 2.55 bits per heavy atom. The van der Waals surface area contributed by atoms with Gasteiger partial charge in [-0.2, -0.15) is 0 Å². The minimum absolute atomic E-state index is 0.0795. The second-order valence-corrected chi connectivity index (χ2v) is 7.65. The fraction of sp³-hybridized carbons (Fsp3) is 0.450. The summed E-state index contributed by atoms with van der Waals surface area (Å²) in [5, 5.41) is 0. The zero-order valence-corrected chi connectivity index (χ0v) is 16.7. The molecule has 0 amide bonds. The van der Waals surface area contributed by atoms with Crippen molar-refractivity contribution < 1.29 is 9.13 Å². The maximum absolute atomic E-state index is 14.3. The molecule has 0 bridgehead atoms. The van der Waals surface area contributed by atoms with Gasteiger partial charge in [0.1, 0.15) is 11.6 Å².